The molecule has 10 heteroatoms. The molecule has 1 fully saturated rings. The van der Waals surface area contributed by atoms with Crippen molar-refractivity contribution >= 4 is 5.91 Å². The predicted molar refractivity (Wildman–Crippen MR) is 111 cm³/mol. The number of methoxy groups -OCH3 is 3. The van der Waals surface area contributed by atoms with Gasteiger partial charge in [-0.1, -0.05) is 19.0 Å². The van der Waals surface area contributed by atoms with E-state index in [-0.39, 0.29) is 17.7 Å². The molecule has 3 aromatic rings. The van der Waals surface area contributed by atoms with E-state index in [1.807, 2.05) is 13.8 Å². The molecule has 1 aromatic carbocycles. The first-order valence-electron chi connectivity index (χ1n) is 9.93. The van der Waals surface area contributed by atoms with E-state index in [9.17, 15) is 4.79 Å². The Hall–Kier alpha value is -3.56. The van der Waals surface area contributed by atoms with Gasteiger partial charge in [-0.2, -0.15) is 10.1 Å². The third-order valence-electron chi connectivity index (χ3n) is 5.26. The smallest absolute Gasteiger partial charge is 0.271 e. The highest BCUT2D eigenvalue weighted by Crippen LogP contribution is 2.41. The Morgan fingerprint density at radius 2 is 1.81 bits per heavy atom. The summed E-state index contributed by atoms with van der Waals surface area (Å²) >= 11 is 0. The maximum atomic E-state index is 12.8. The van der Waals surface area contributed by atoms with E-state index in [1.54, 1.807) is 44.4 Å². The van der Waals surface area contributed by atoms with E-state index in [2.05, 4.69) is 20.3 Å². The van der Waals surface area contributed by atoms with Crippen molar-refractivity contribution < 1.29 is 23.5 Å². The maximum absolute atomic E-state index is 12.8. The summed E-state index contributed by atoms with van der Waals surface area (Å²) in [5.41, 5.74) is 1.73. The van der Waals surface area contributed by atoms with Gasteiger partial charge in [-0.25, -0.2) is 0 Å². The summed E-state index contributed by atoms with van der Waals surface area (Å²) in [6.45, 7) is 5.07. The van der Waals surface area contributed by atoms with Crippen molar-refractivity contribution in [3.05, 3.63) is 35.6 Å². The topological polar surface area (TPSA) is 116 Å². The molecule has 0 unspecified atom stereocenters. The summed E-state index contributed by atoms with van der Waals surface area (Å²) < 4.78 is 21.5. The van der Waals surface area contributed by atoms with Gasteiger partial charge in [0.15, 0.2) is 17.3 Å². The van der Waals surface area contributed by atoms with Crippen LogP contribution in [0.1, 0.15) is 47.9 Å². The van der Waals surface area contributed by atoms with Gasteiger partial charge in [-0.15, -0.1) is 0 Å². The van der Waals surface area contributed by atoms with Crippen LogP contribution in [0.2, 0.25) is 0 Å². The van der Waals surface area contributed by atoms with Gasteiger partial charge in [-0.05, 0) is 18.2 Å². The van der Waals surface area contributed by atoms with Gasteiger partial charge < -0.3 is 23.6 Å². The van der Waals surface area contributed by atoms with E-state index >= 15 is 0 Å². The lowest BCUT2D eigenvalue weighted by atomic mass is 9.99. The normalized spacial score (nSPS) is 13.9. The second-order valence-electron chi connectivity index (χ2n) is 7.63. The Balaban J connectivity index is 1.47. The lowest BCUT2D eigenvalue weighted by molar-refractivity contribution is 0.0563. The average molecular weight is 427 g/mol. The van der Waals surface area contributed by atoms with E-state index in [1.165, 1.54) is 0 Å². The molecule has 0 saturated carbocycles. The van der Waals surface area contributed by atoms with Crippen LogP contribution in [-0.2, 0) is 0 Å². The largest absolute Gasteiger partial charge is 0.493 e. The van der Waals surface area contributed by atoms with Crippen LogP contribution in [0.3, 0.4) is 0 Å². The summed E-state index contributed by atoms with van der Waals surface area (Å²) in [6, 6.07) is 5.28. The molecule has 10 nitrogen and oxygen atoms in total. The number of nitrogens with one attached hydrogen (secondary N) is 1. The molecular formula is C21H25N5O5. The number of carbonyl (C=O) groups is 1. The highest BCUT2D eigenvalue weighted by atomic mass is 16.5. The fraction of sp³-hybridized carbons (Fsp3) is 0.429. The minimum atomic E-state index is -0.133. The Bertz CT molecular complexity index is 1060. The number of H-pyrrole nitrogens is 1. The monoisotopic (exact) mass is 427 g/mol. The minimum Gasteiger partial charge on any atom is -0.493 e. The molecule has 0 aliphatic carbocycles. The first-order valence-corrected chi connectivity index (χ1v) is 9.93. The van der Waals surface area contributed by atoms with Crippen LogP contribution in [0.25, 0.3) is 11.3 Å². The number of hydrogen-bond donors (Lipinski definition) is 1. The minimum absolute atomic E-state index is 0.0569. The van der Waals surface area contributed by atoms with Gasteiger partial charge in [0.25, 0.3) is 5.91 Å². The summed E-state index contributed by atoms with van der Waals surface area (Å²) in [4.78, 5) is 19.0. The molecule has 2 aromatic heterocycles. The zero-order chi connectivity index (χ0) is 22.1. The van der Waals surface area contributed by atoms with Crippen molar-refractivity contribution in [2.24, 2.45) is 0 Å². The van der Waals surface area contributed by atoms with Gasteiger partial charge >= 0.3 is 0 Å². The van der Waals surface area contributed by atoms with Crippen LogP contribution in [0.4, 0.5) is 0 Å². The molecule has 0 spiro atoms. The Morgan fingerprint density at radius 1 is 1.13 bits per heavy atom. The van der Waals surface area contributed by atoms with Crippen LogP contribution in [-0.4, -0.2) is 65.6 Å². The molecule has 1 amide bonds. The van der Waals surface area contributed by atoms with Crippen LogP contribution in [0.5, 0.6) is 17.2 Å². The molecule has 31 heavy (non-hydrogen) atoms. The van der Waals surface area contributed by atoms with Crippen LogP contribution < -0.4 is 14.2 Å². The molecule has 0 radical (unpaired) electrons. The van der Waals surface area contributed by atoms with Crippen molar-refractivity contribution in [1.82, 2.24) is 25.2 Å². The highest BCUT2D eigenvalue weighted by Gasteiger charge is 2.36. The summed E-state index contributed by atoms with van der Waals surface area (Å²) in [7, 11) is 4.65. The molecule has 164 valence electrons. The molecular weight excluding hydrogens is 402 g/mol. The molecule has 1 N–H and O–H groups in total. The zero-order valence-electron chi connectivity index (χ0n) is 18.1. The number of amides is 1. The van der Waals surface area contributed by atoms with Crippen LogP contribution in [0.15, 0.2) is 22.7 Å². The predicted octanol–water partition coefficient (Wildman–Crippen LogP) is 2.85. The zero-order valence-corrected chi connectivity index (χ0v) is 18.1. The first-order chi connectivity index (χ1) is 14.9. The number of carbonyl (C=O) groups excluding carboxylic acids is 1. The van der Waals surface area contributed by atoms with Gasteiger partial charge in [0.2, 0.25) is 11.6 Å². The third-order valence-corrected chi connectivity index (χ3v) is 5.26. The van der Waals surface area contributed by atoms with Gasteiger partial charge in [-0.3, -0.25) is 9.89 Å². The number of rotatable bonds is 7. The first kappa shape index (κ1) is 20.7. The summed E-state index contributed by atoms with van der Waals surface area (Å²) in [6.07, 6.45) is 0. The fourth-order valence-corrected chi connectivity index (χ4v) is 3.43. The lowest BCUT2D eigenvalue weighted by Gasteiger charge is -2.36. The summed E-state index contributed by atoms with van der Waals surface area (Å²) in [5.74, 6) is 2.91. The van der Waals surface area contributed by atoms with Gasteiger partial charge in [0, 0.05) is 24.6 Å². The van der Waals surface area contributed by atoms with Crippen LogP contribution >= 0.6 is 0 Å². The average Bonchev–Trinajstić information content (AvgIpc) is 3.41. The van der Waals surface area contributed by atoms with E-state index in [0.29, 0.717) is 53.4 Å². The number of nitrogens with zero attached hydrogens (tertiary/aromatic N) is 4. The molecule has 0 atom stereocenters. The lowest BCUT2D eigenvalue weighted by Crippen LogP contribution is -2.48. The Labute approximate surface area is 179 Å². The van der Waals surface area contributed by atoms with Crippen molar-refractivity contribution in [2.75, 3.05) is 34.4 Å². The quantitative estimate of drug-likeness (QED) is 0.612. The Kier molecular flexibility index (Phi) is 5.53. The second-order valence-corrected chi connectivity index (χ2v) is 7.63. The van der Waals surface area contributed by atoms with Gasteiger partial charge in [0.05, 0.1) is 32.9 Å². The number of aromatic amines is 1. The maximum Gasteiger partial charge on any atom is 0.271 e. The standard InChI is InChI=1S/C21H25N5O5/c1-11(2)19-22-20(31-25-19)13-9-26(10-13)21(27)15-8-14(23-24-15)12-6-16(28-3)18(30-5)17(7-12)29-4/h6-8,11,13H,9-10H2,1-5H3,(H,23,24). The number of ether oxygens (including phenoxy) is 3. The number of aromatic nitrogens is 4. The molecule has 4 rings (SSSR count). The number of benzene rings is 1. The summed E-state index contributed by atoms with van der Waals surface area (Å²) in [5, 5.41) is 11.1. The van der Waals surface area contributed by atoms with Gasteiger partial charge in [0.1, 0.15) is 5.69 Å². The second kappa shape index (κ2) is 8.29. The molecule has 3 heterocycles. The molecule has 0 bridgehead atoms. The molecule has 1 aliphatic heterocycles. The highest BCUT2D eigenvalue weighted by molar-refractivity contribution is 5.94. The molecule has 1 aliphatic rings. The number of likely N-dealkylation sites (tertiary alicyclic amines) is 1. The Morgan fingerprint density at radius 3 is 2.35 bits per heavy atom. The fourth-order valence-electron chi connectivity index (χ4n) is 3.43. The molecule has 1 saturated heterocycles. The SMILES string of the molecule is COc1cc(-c2cc(C(=O)N3CC(c4nc(C(C)C)no4)C3)[nH]n2)cc(OC)c1OC. The van der Waals surface area contributed by atoms with Crippen molar-refractivity contribution in [2.45, 2.75) is 25.7 Å². The van der Waals surface area contributed by atoms with E-state index in [4.69, 9.17) is 18.7 Å². The third kappa shape index (κ3) is 3.80. The van der Waals surface area contributed by atoms with Crippen molar-refractivity contribution in [3.63, 3.8) is 0 Å². The van der Waals surface area contributed by atoms with Crippen LogP contribution in [0, 0.1) is 0 Å². The van der Waals surface area contributed by atoms with Crippen molar-refractivity contribution in [1.29, 1.82) is 0 Å². The van der Waals surface area contributed by atoms with E-state index in [0.717, 1.165) is 5.56 Å². The number of hydrogen-bond acceptors (Lipinski definition) is 8. The van der Waals surface area contributed by atoms with E-state index < -0.39 is 0 Å². The van der Waals surface area contributed by atoms with Crippen molar-refractivity contribution in [3.8, 4) is 28.5 Å².